The number of anilines is 2. The van der Waals surface area contributed by atoms with Crippen LogP contribution in [0, 0.1) is 5.92 Å². The zero-order valence-corrected chi connectivity index (χ0v) is 16.4. The Kier molecular flexibility index (Phi) is 3.97. The minimum absolute atomic E-state index is 0.328. The monoisotopic (exact) mass is 382 g/mol. The van der Waals surface area contributed by atoms with Crippen LogP contribution >= 0.6 is 11.6 Å². The Labute approximate surface area is 163 Å². The summed E-state index contributed by atoms with van der Waals surface area (Å²) in [6.07, 6.45) is 5.77. The van der Waals surface area contributed by atoms with Gasteiger partial charge in [-0.25, -0.2) is 15.0 Å². The number of nitrogens with zero attached hydrogens (tertiary/aromatic N) is 5. The lowest BCUT2D eigenvalue weighted by Crippen LogP contribution is -2.40. The molecule has 7 heteroatoms. The number of hydrogen-bond donors (Lipinski definition) is 1. The second-order valence-electron chi connectivity index (χ2n) is 7.85. The Hall–Kier alpha value is -2.34. The minimum Gasteiger partial charge on any atom is -0.363 e. The van der Waals surface area contributed by atoms with Crippen molar-refractivity contribution >= 4 is 34.1 Å². The molecule has 1 N–H and O–H groups in total. The van der Waals surface area contributed by atoms with Crippen molar-refractivity contribution < 1.29 is 0 Å². The van der Waals surface area contributed by atoms with Crippen LogP contribution in [0.1, 0.15) is 31.5 Å². The molecule has 3 aromatic rings. The van der Waals surface area contributed by atoms with Crippen molar-refractivity contribution in [3.05, 3.63) is 41.1 Å². The van der Waals surface area contributed by atoms with Gasteiger partial charge in [0.15, 0.2) is 0 Å². The van der Waals surface area contributed by atoms with E-state index < -0.39 is 0 Å². The number of fused-ring (bicyclic) bond motifs is 2. The number of pyridine rings is 1. The number of aromatic amines is 1. The fraction of sp³-hybridized carbons (Fsp3) is 0.450. The van der Waals surface area contributed by atoms with Crippen LogP contribution in [-0.2, 0) is 13.0 Å². The molecule has 140 valence electrons. The molecular weight excluding hydrogens is 360 g/mol. The Morgan fingerprint density at radius 2 is 2.15 bits per heavy atom. The number of nitrogens with one attached hydrogen (secondary N) is 1. The van der Waals surface area contributed by atoms with E-state index in [1.165, 1.54) is 17.7 Å². The Balaban J connectivity index is 1.58. The van der Waals surface area contributed by atoms with Crippen LogP contribution in [0.25, 0.3) is 11.0 Å². The van der Waals surface area contributed by atoms with E-state index in [4.69, 9.17) is 11.6 Å². The summed E-state index contributed by atoms with van der Waals surface area (Å²) >= 11 is 6.31. The van der Waals surface area contributed by atoms with Gasteiger partial charge >= 0.3 is 0 Å². The second kappa shape index (κ2) is 6.37. The highest BCUT2D eigenvalue weighted by Gasteiger charge is 2.31. The first kappa shape index (κ1) is 16.8. The summed E-state index contributed by atoms with van der Waals surface area (Å²) in [6.45, 7) is 7.49. The molecular formula is C20H23ClN6. The van der Waals surface area contributed by atoms with Gasteiger partial charge in [0.2, 0.25) is 0 Å². The maximum absolute atomic E-state index is 6.31. The SMILES string of the molecule is CC1CCN(c2ncnc3c2CN(c2cc(Cl)nc4[nH]ccc24)[C@H](C)C3)C1. The Morgan fingerprint density at radius 1 is 1.26 bits per heavy atom. The summed E-state index contributed by atoms with van der Waals surface area (Å²) in [6, 6.07) is 4.37. The minimum atomic E-state index is 0.328. The van der Waals surface area contributed by atoms with Gasteiger partial charge in [-0.2, -0.15) is 0 Å². The van der Waals surface area contributed by atoms with Crippen molar-refractivity contribution in [2.45, 2.75) is 39.3 Å². The van der Waals surface area contributed by atoms with Gasteiger partial charge < -0.3 is 14.8 Å². The standard InChI is InChI=1S/C20H23ClN6/c1-12-4-6-26(9-12)20-15-10-27(13(2)7-16(15)23-11-24-20)17-8-18(21)25-19-14(17)3-5-22-19/h3,5,8,11-13H,4,6-7,9-10H2,1-2H3,(H,22,25)/t12?,13-/m1/s1. The predicted molar refractivity (Wildman–Crippen MR) is 108 cm³/mol. The predicted octanol–water partition coefficient (Wildman–Crippen LogP) is 3.80. The molecule has 0 saturated carbocycles. The average molecular weight is 383 g/mol. The van der Waals surface area contributed by atoms with Gasteiger partial charge in [-0.3, -0.25) is 0 Å². The third kappa shape index (κ3) is 2.83. The Morgan fingerprint density at radius 3 is 2.96 bits per heavy atom. The van der Waals surface area contributed by atoms with Crippen LogP contribution < -0.4 is 9.80 Å². The van der Waals surface area contributed by atoms with E-state index in [1.54, 1.807) is 6.33 Å². The molecule has 5 heterocycles. The van der Waals surface area contributed by atoms with Gasteiger partial charge in [-0.15, -0.1) is 0 Å². The topological polar surface area (TPSA) is 60.9 Å². The number of aromatic nitrogens is 4. The lowest BCUT2D eigenvalue weighted by molar-refractivity contribution is 0.578. The average Bonchev–Trinajstić information content (AvgIpc) is 3.28. The molecule has 5 rings (SSSR count). The fourth-order valence-electron chi connectivity index (χ4n) is 4.44. The Bertz CT molecular complexity index is 999. The third-order valence-electron chi connectivity index (χ3n) is 5.87. The van der Waals surface area contributed by atoms with Crippen LogP contribution in [0.4, 0.5) is 11.5 Å². The van der Waals surface area contributed by atoms with Crippen molar-refractivity contribution in [3.8, 4) is 0 Å². The number of hydrogen-bond acceptors (Lipinski definition) is 5. The van der Waals surface area contributed by atoms with Gasteiger partial charge in [-0.05, 0) is 31.4 Å². The van der Waals surface area contributed by atoms with E-state index >= 15 is 0 Å². The highest BCUT2D eigenvalue weighted by Crippen LogP contribution is 2.37. The van der Waals surface area contributed by atoms with E-state index in [-0.39, 0.29) is 0 Å². The van der Waals surface area contributed by atoms with E-state index in [9.17, 15) is 0 Å². The molecule has 0 spiro atoms. The number of H-pyrrole nitrogens is 1. The summed E-state index contributed by atoms with van der Waals surface area (Å²) in [5.41, 5.74) is 4.37. The summed E-state index contributed by atoms with van der Waals surface area (Å²) < 4.78 is 0. The molecule has 6 nitrogen and oxygen atoms in total. The van der Waals surface area contributed by atoms with Gasteiger partial charge in [0, 0.05) is 49.2 Å². The maximum Gasteiger partial charge on any atom is 0.141 e. The van der Waals surface area contributed by atoms with Crippen LogP contribution in [0.2, 0.25) is 5.15 Å². The summed E-state index contributed by atoms with van der Waals surface area (Å²) in [4.78, 5) is 21.7. The van der Waals surface area contributed by atoms with E-state index in [0.717, 1.165) is 48.6 Å². The molecule has 3 aromatic heterocycles. The molecule has 0 amide bonds. The summed E-state index contributed by atoms with van der Waals surface area (Å²) in [5, 5.41) is 1.61. The van der Waals surface area contributed by atoms with Crippen molar-refractivity contribution in [1.82, 2.24) is 19.9 Å². The molecule has 0 aromatic carbocycles. The second-order valence-corrected chi connectivity index (χ2v) is 8.23. The van der Waals surface area contributed by atoms with E-state index in [2.05, 4.69) is 49.6 Å². The molecule has 2 aliphatic rings. The van der Waals surface area contributed by atoms with Crippen LogP contribution in [-0.4, -0.2) is 39.1 Å². The van der Waals surface area contributed by atoms with E-state index in [0.29, 0.717) is 17.1 Å². The third-order valence-corrected chi connectivity index (χ3v) is 6.06. The first-order valence-corrected chi connectivity index (χ1v) is 9.96. The zero-order chi connectivity index (χ0) is 18.5. The number of halogens is 1. The molecule has 2 aliphatic heterocycles. The molecule has 27 heavy (non-hydrogen) atoms. The lowest BCUT2D eigenvalue weighted by atomic mass is 9.98. The number of rotatable bonds is 2. The maximum atomic E-state index is 6.31. The van der Waals surface area contributed by atoms with E-state index in [1.807, 2.05) is 12.3 Å². The molecule has 1 unspecified atom stereocenters. The molecule has 1 fully saturated rings. The fourth-order valence-corrected chi connectivity index (χ4v) is 4.63. The molecule has 2 atom stereocenters. The smallest absolute Gasteiger partial charge is 0.141 e. The largest absolute Gasteiger partial charge is 0.363 e. The first-order valence-electron chi connectivity index (χ1n) is 9.58. The molecule has 0 bridgehead atoms. The van der Waals surface area contributed by atoms with Gasteiger partial charge in [-0.1, -0.05) is 18.5 Å². The quantitative estimate of drug-likeness (QED) is 0.683. The van der Waals surface area contributed by atoms with Gasteiger partial charge in [0.25, 0.3) is 0 Å². The van der Waals surface area contributed by atoms with Crippen LogP contribution in [0.3, 0.4) is 0 Å². The summed E-state index contributed by atoms with van der Waals surface area (Å²) in [5.74, 6) is 1.82. The lowest BCUT2D eigenvalue weighted by Gasteiger charge is -2.38. The van der Waals surface area contributed by atoms with Crippen LogP contribution in [0.5, 0.6) is 0 Å². The molecule has 1 saturated heterocycles. The normalized spacial score (nSPS) is 22.5. The molecule has 0 radical (unpaired) electrons. The zero-order valence-electron chi connectivity index (χ0n) is 15.6. The summed E-state index contributed by atoms with van der Waals surface area (Å²) in [7, 11) is 0. The highest BCUT2D eigenvalue weighted by atomic mass is 35.5. The first-order chi connectivity index (χ1) is 13.1. The van der Waals surface area contributed by atoms with Crippen molar-refractivity contribution in [1.29, 1.82) is 0 Å². The van der Waals surface area contributed by atoms with Crippen molar-refractivity contribution in [3.63, 3.8) is 0 Å². The van der Waals surface area contributed by atoms with Gasteiger partial charge in [0.05, 0.1) is 11.4 Å². The highest BCUT2D eigenvalue weighted by molar-refractivity contribution is 6.30. The van der Waals surface area contributed by atoms with Crippen LogP contribution in [0.15, 0.2) is 24.7 Å². The van der Waals surface area contributed by atoms with Crippen molar-refractivity contribution in [2.75, 3.05) is 22.9 Å². The van der Waals surface area contributed by atoms with Gasteiger partial charge in [0.1, 0.15) is 22.9 Å². The molecule has 0 aliphatic carbocycles. The van der Waals surface area contributed by atoms with Crippen molar-refractivity contribution in [2.24, 2.45) is 5.92 Å².